The van der Waals surface area contributed by atoms with Crippen LogP contribution in [0.15, 0.2) is 24.3 Å². The minimum atomic E-state index is -0.286. The number of nitrogens with one attached hydrogen (secondary N) is 2. The van der Waals surface area contributed by atoms with Crippen molar-refractivity contribution in [1.29, 1.82) is 0 Å². The predicted octanol–water partition coefficient (Wildman–Crippen LogP) is 2.02. The Bertz CT molecular complexity index is 426. The molecule has 0 unspecified atom stereocenters. The molecule has 0 aliphatic carbocycles. The molecule has 0 atom stereocenters. The van der Waals surface area contributed by atoms with Gasteiger partial charge >= 0.3 is 0 Å². The molecule has 2 N–H and O–H groups in total. The van der Waals surface area contributed by atoms with Crippen molar-refractivity contribution in [2.75, 3.05) is 25.5 Å². The van der Waals surface area contributed by atoms with Gasteiger partial charge in [-0.05, 0) is 38.1 Å². The average Bonchev–Trinajstić information content (AvgIpc) is 2.40. The number of carbonyl (C=O) groups excluding carboxylic acids is 1. The fourth-order valence-electron chi connectivity index (χ4n) is 2.23. The molecule has 1 heterocycles. The van der Waals surface area contributed by atoms with Gasteiger partial charge in [-0.15, -0.1) is 0 Å². The third-order valence-corrected chi connectivity index (χ3v) is 3.61. The highest BCUT2D eigenvalue weighted by Crippen LogP contribution is 2.31. The lowest BCUT2D eigenvalue weighted by molar-refractivity contribution is -0.126. The second-order valence-corrected chi connectivity index (χ2v) is 4.97. The van der Waals surface area contributed by atoms with E-state index in [1.165, 1.54) is 0 Å². The Kier molecular flexibility index (Phi) is 3.87. The van der Waals surface area contributed by atoms with E-state index in [-0.39, 0.29) is 11.3 Å². The van der Waals surface area contributed by atoms with Crippen molar-refractivity contribution in [3.05, 3.63) is 24.3 Å². The maximum atomic E-state index is 12.4. The van der Waals surface area contributed by atoms with E-state index in [0.717, 1.165) is 31.6 Å². The summed E-state index contributed by atoms with van der Waals surface area (Å²) in [5.41, 5.74) is 0.455. The first-order valence-electron chi connectivity index (χ1n) is 6.31. The molecule has 0 saturated carbocycles. The maximum absolute atomic E-state index is 12.4. The van der Waals surface area contributed by atoms with Gasteiger partial charge in [0.2, 0.25) is 5.91 Å². The zero-order chi connectivity index (χ0) is 13.0. The van der Waals surface area contributed by atoms with Gasteiger partial charge in [0.25, 0.3) is 0 Å². The van der Waals surface area contributed by atoms with Crippen LogP contribution in [-0.2, 0) is 4.79 Å². The summed E-state index contributed by atoms with van der Waals surface area (Å²) in [7, 11) is 1.61. The molecule has 1 aromatic rings. The smallest absolute Gasteiger partial charge is 0.230 e. The van der Waals surface area contributed by atoms with Crippen molar-refractivity contribution in [3.8, 4) is 5.75 Å². The molecule has 0 radical (unpaired) electrons. The number of amides is 1. The summed E-state index contributed by atoms with van der Waals surface area (Å²) in [6.07, 6.45) is 1.74. The molecule has 0 aromatic heterocycles. The van der Waals surface area contributed by atoms with Crippen LogP contribution in [0.4, 0.5) is 5.69 Å². The number of anilines is 1. The van der Waals surface area contributed by atoms with Crippen LogP contribution >= 0.6 is 0 Å². The summed E-state index contributed by atoms with van der Waals surface area (Å²) in [5, 5.41) is 6.26. The molecule has 18 heavy (non-hydrogen) atoms. The minimum Gasteiger partial charge on any atom is -0.495 e. The van der Waals surface area contributed by atoms with Crippen molar-refractivity contribution < 1.29 is 9.53 Å². The zero-order valence-electron chi connectivity index (χ0n) is 11.0. The number of rotatable bonds is 3. The van der Waals surface area contributed by atoms with Crippen LogP contribution in [0.1, 0.15) is 19.8 Å². The second-order valence-electron chi connectivity index (χ2n) is 4.97. The average molecular weight is 248 g/mol. The van der Waals surface area contributed by atoms with E-state index in [2.05, 4.69) is 10.6 Å². The zero-order valence-corrected chi connectivity index (χ0v) is 11.0. The quantitative estimate of drug-likeness (QED) is 0.860. The molecule has 4 heteroatoms. The highest BCUT2D eigenvalue weighted by Gasteiger charge is 2.34. The molecule has 1 aliphatic heterocycles. The number of hydrogen-bond donors (Lipinski definition) is 2. The van der Waals surface area contributed by atoms with Gasteiger partial charge in [0.1, 0.15) is 5.75 Å². The van der Waals surface area contributed by atoms with E-state index < -0.39 is 0 Å². The molecule has 1 fully saturated rings. The van der Waals surface area contributed by atoms with Crippen LogP contribution in [0.5, 0.6) is 5.75 Å². The van der Waals surface area contributed by atoms with E-state index in [1.54, 1.807) is 7.11 Å². The van der Waals surface area contributed by atoms with E-state index >= 15 is 0 Å². The molecule has 0 bridgehead atoms. The standard InChI is InChI=1S/C14H20N2O2/c1-14(7-9-15-10-8-14)13(17)16-11-5-3-4-6-12(11)18-2/h3-6,15H,7-10H2,1-2H3,(H,16,17). The van der Waals surface area contributed by atoms with Crippen molar-refractivity contribution >= 4 is 11.6 Å². The van der Waals surface area contributed by atoms with Crippen molar-refractivity contribution in [2.45, 2.75) is 19.8 Å². The predicted molar refractivity (Wildman–Crippen MR) is 71.8 cm³/mol. The number of para-hydroxylation sites is 2. The van der Waals surface area contributed by atoms with Crippen molar-refractivity contribution in [2.24, 2.45) is 5.41 Å². The van der Waals surface area contributed by atoms with E-state index in [0.29, 0.717) is 5.75 Å². The Morgan fingerprint density at radius 2 is 2.00 bits per heavy atom. The third kappa shape index (κ3) is 2.64. The highest BCUT2D eigenvalue weighted by molar-refractivity contribution is 5.96. The first-order valence-corrected chi connectivity index (χ1v) is 6.31. The molecule has 98 valence electrons. The summed E-state index contributed by atoms with van der Waals surface area (Å²) in [6.45, 7) is 3.82. The monoisotopic (exact) mass is 248 g/mol. The number of carbonyl (C=O) groups is 1. The summed E-state index contributed by atoms with van der Waals surface area (Å²) in [4.78, 5) is 12.4. The van der Waals surface area contributed by atoms with Gasteiger partial charge in [0.15, 0.2) is 0 Å². The molecule has 1 aliphatic rings. The van der Waals surface area contributed by atoms with Gasteiger partial charge < -0.3 is 15.4 Å². The Hall–Kier alpha value is -1.55. The third-order valence-electron chi connectivity index (χ3n) is 3.61. The number of piperidine rings is 1. The Balaban J connectivity index is 2.10. The summed E-state index contributed by atoms with van der Waals surface area (Å²) in [5.74, 6) is 0.775. The van der Waals surface area contributed by atoms with Crippen LogP contribution < -0.4 is 15.4 Å². The molecular weight excluding hydrogens is 228 g/mol. The van der Waals surface area contributed by atoms with E-state index in [9.17, 15) is 4.79 Å². The Labute approximate surface area is 108 Å². The summed E-state index contributed by atoms with van der Waals surface area (Å²) in [6, 6.07) is 7.49. The Morgan fingerprint density at radius 1 is 1.33 bits per heavy atom. The maximum Gasteiger partial charge on any atom is 0.230 e. The molecule has 1 amide bonds. The van der Waals surface area contributed by atoms with Gasteiger partial charge in [-0.3, -0.25) is 4.79 Å². The van der Waals surface area contributed by atoms with Crippen LogP contribution in [0.3, 0.4) is 0 Å². The topological polar surface area (TPSA) is 50.4 Å². The van der Waals surface area contributed by atoms with Crippen LogP contribution in [-0.4, -0.2) is 26.1 Å². The van der Waals surface area contributed by atoms with Gasteiger partial charge in [-0.25, -0.2) is 0 Å². The minimum absolute atomic E-state index is 0.0773. The lowest BCUT2D eigenvalue weighted by atomic mass is 9.80. The fourth-order valence-corrected chi connectivity index (χ4v) is 2.23. The van der Waals surface area contributed by atoms with Crippen molar-refractivity contribution in [3.63, 3.8) is 0 Å². The van der Waals surface area contributed by atoms with Crippen LogP contribution in [0.2, 0.25) is 0 Å². The number of ether oxygens (including phenoxy) is 1. The molecule has 4 nitrogen and oxygen atoms in total. The largest absolute Gasteiger partial charge is 0.495 e. The lowest BCUT2D eigenvalue weighted by Gasteiger charge is -2.32. The van der Waals surface area contributed by atoms with Gasteiger partial charge in [0, 0.05) is 5.41 Å². The molecule has 1 aromatic carbocycles. The highest BCUT2D eigenvalue weighted by atomic mass is 16.5. The number of hydrogen-bond acceptors (Lipinski definition) is 3. The van der Waals surface area contributed by atoms with Crippen LogP contribution in [0, 0.1) is 5.41 Å². The van der Waals surface area contributed by atoms with Crippen molar-refractivity contribution in [1.82, 2.24) is 5.32 Å². The number of benzene rings is 1. The first kappa shape index (κ1) is 12.9. The fraction of sp³-hybridized carbons (Fsp3) is 0.500. The molecular formula is C14H20N2O2. The SMILES string of the molecule is COc1ccccc1NC(=O)C1(C)CCNCC1. The van der Waals surface area contributed by atoms with Crippen LogP contribution in [0.25, 0.3) is 0 Å². The van der Waals surface area contributed by atoms with Gasteiger partial charge in [0.05, 0.1) is 12.8 Å². The van der Waals surface area contributed by atoms with E-state index in [4.69, 9.17) is 4.74 Å². The molecule has 0 spiro atoms. The first-order chi connectivity index (χ1) is 8.65. The second kappa shape index (κ2) is 5.40. The molecule has 1 saturated heterocycles. The summed E-state index contributed by atoms with van der Waals surface area (Å²) < 4.78 is 5.24. The number of methoxy groups -OCH3 is 1. The van der Waals surface area contributed by atoms with E-state index in [1.807, 2.05) is 31.2 Å². The molecule has 2 rings (SSSR count). The van der Waals surface area contributed by atoms with Gasteiger partial charge in [-0.2, -0.15) is 0 Å². The lowest BCUT2D eigenvalue weighted by Crippen LogP contribution is -2.42. The summed E-state index contributed by atoms with van der Waals surface area (Å²) >= 11 is 0. The normalized spacial score (nSPS) is 18.1. The Morgan fingerprint density at radius 3 is 2.67 bits per heavy atom. The van der Waals surface area contributed by atoms with Gasteiger partial charge in [-0.1, -0.05) is 19.1 Å².